The Kier molecular flexibility index (Phi) is 3.12. The smallest absolute Gasteiger partial charge is 0.106 e. The lowest BCUT2D eigenvalue weighted by Crippen LogP contribution is -2.10. The summed E-state index contributed by atoms with van der Waals surface area (Å²) >= 11 is 16.1. The van der Waals surface area contributed by atoms with Crippen molar-refractivity contribution in [3.8, 4) is 0 Å². The molecular formula is C6H3Cl3N2. The van der Waals surface area contributed by atoms with E-state index in [0.717, 1.165) is 0 Å². The van der Waals surface area contributed by atoms with Gasteiger partial charge in [-0.15, -0.1) is 0 Å². The molecule has 0 saturated carbocycles. The zero-order valence-electron chi connectivity index (χ0n) is 5.26. The molecule has 0 aliphatic heterocycles. The monoisotopic (exact) mass is 208 g/mol. The molecule has 0 radical (unpaired) electrons. The van der Waals surface area contributed by atoms with Crippen LogP contribution in [0.25, 0.3) is 0 Å². The van der Waals surface area contributed by atoms with Crippen LogP contribution < -0.4 is 0 Å². The molecule has 0 aromatic rings. The van der Waals surface area contributed by atoms with Gasteiger partial charge in [0.1, 0.15) is 11.4 Å². The van der Waals surface area contributed by atoms with E-state index in [1.807, 2.05) is 0 Å². The molecule has 0 spiro atoms. The number of allylic oxidation sites excluding steroid dienone is 4. The highest BCUT2D eigenvalue weighted by atomic mass is 35.5. The van der Waals surface area contributed by atoms with E-state index in [4.69, 9.17) is 35.2 Å². The number of hydrogen-bond acceptors (Lipinski definition) is 2. The Balaban J connectivity index is 3.03. The van der Waals surface area contributed by atoms with Gasteiger partial charge in [-0.2, -0.15) is 9.02 Å². The van der Waals surface area contributed by atoms with Crippen molar-refractivity contribution in [2.24, 2.45) is 9.02 Å². The molecule has 0 heterocycles. The fourth-order valence-electron chi connectivity index (χ4n) is 0.636. The van der Waals surface area contributed by atoms with Gasteiger partial charge in [0, 0.05) is 28.6 Å². The summed E-state index contributed by atoms with van der Waals surface area (Å²) in [6, 6.07) is 0. The molecule has 0 fully saturated rings. The minimum Gasteiger partial charge on any atom is -0.176 e. The SMILES string of the molecule is Cl/N=C1/C=CC(Cl)=C/C1=N/Cl. The summed E-state index contributed by atoms with van der Waals surface area (Å²) in [5.41, 5.74) is 0.972. The molecule has 1 rings (SSSR count). The van der Waals surface area contributed by atoms with Crippen molar-refractivity contribution in [3.05, 3.63) is 23.3 Å². The molecule has 0 aromatic carbocycles. The van der Waals surface area contributed by atoms with Gasteiger partial charge >= 0.3 is 0 Å². The van der Waals surface area contributed by atoms with Crippen molar-refractivity contribution in [2.45, 2.75) is 0 Å². The molecule has 11 heavy (non-hydrogen) atoms. The van der Waals surface area contributed by atoms with E-state index in [1.54, 1.807) is 18.2 Å². The number of halogens is 3. The standard InChI is InChI=1S/C6H3Cl3N2/c7-4-1-2-5(10-8)6(3-4)11-9/h1-3H/b10-5-,11-6-. The zero-order valence-corrected chi connectivity index (χ0v) is 7.53. The molecule has 58 valence electrons. The molecule has 0 aromatic heterocycles. The average Bonchev–Trinajstić information content (AvgIpc) is 2.04. The third kappa shape index (κ3) is 2.06. The predicted octanol–water partition coefficient (Wildman–Crippen LogP) is 2.87. The Morgan fingerprint density at radius 2 is 1.64 bits per heavy atom. The Bertz CT molecular complexity index is 276. The topological polar surface area (TPSA) is 24.7 Å². The zero-order chi connectivity index (χ0) is 8.27. The molecule has 0 atom stereocenters. The lowest BCUT2D eigenvalue weighted by Gasteiger charge is -2.02. The number of hydrogen-bond donors (Lipinski definition) is 0. The van der Waals surface area contributed by atoms with Crippen molar-refractivity contribution in [1.29, 1.82) is 0 Å². The van der Waals surface area contributed by atoms with Gasteiger partial charge in [0.05, 0.1) is 0 Å². The summed E-state index contributed by atoms with van der Waals surface area (Å²) in [4.78, 5) is 0. The summed E-state index contributed by atoms with van der Waals surface area (Å²) in [5.74, 6) is 0. The molecule has 1 aliphatic carbocycles. The molecule has 0 N–H and O–H groups in total. The van der Waals surface area contributed by atoms with E-state index in [9.17, 15) is 0 Å². The predicted molar refractivity (Wildman–Crippen MR) is 49.7 cm³/mol. The summed E-state index contributed by atoms with van der Waals surface area (Å²) in [6.45, 7) is 0. The maximum Gasteiger partial charge on any atom is 0.106 e. The van der Waals surface area contributed by atoms with Gasteiger partial charge in [0.15, 0.2) is 0 Å². The normalized spacial score (nSPS) is 24.5. The number of rotatable bonds is 0. The highest BCUT2D eigenvalue weighted by Crippen LogP contribution is 2.11. The third-order valence-corrected chi connectivity index (χ3v) is 1.72. The molecule has 0 saturated heterocycles. The van der Waals surface area contributed by atoms with Crippen LogP contribution in [0.3, 0.4) is 0 Å². The summed E-state index contributed by atoms with van der Waals surface area (Å²) in [6.07, 6.45) is 4.88. The Morgan fingerprint density at radius 1 is 1.00 bits per heavy atom. The summed E-state index contributed by atoms with van der Waals surface area (Å²) < 4.78 is 6.83. The molecule has 0 unspecified atom stereocenters. The van der Waals surface area contributed by atoms with Crippen LogP contribution in [-0.4, -0.2) is 11.4 Å². The van der Waals surface area contributed by atoms with Crippen LogP contribution in [0, 0.1) is 0 Å². The Labute approximate surface area is 79.1 Å². The van der Waals surface area contributed by atoms with E-state index < -0.39 is 0 Å². The van der Waals surface area contributed by atoms with E-state index >= 15 is 0 Å². The average molecular weight is 209 g/mol. The van der Waals surface area contributed by atoms with Gasteiger partial charge < -0.3 is 0 Å². The van der Waals surface area contributed by atoms with Gasteiger partial charge in [-0.3, -0.25) is 0 Å². The Hall–Kier alpha value is -0.310. The van der Waals surface area contributed by atoms with Crippen molar-refractivity contribution in [1.82, 2.24) is 0 Å². The fourth-order valence-corrected chi connectivity index (χ4v) is 1.08. The minimum absolute atomic E-state index is 0.467. The molecule has 0 bridgehead atoms. The largest absolute Gasteiger partial charge is 0.176 e. The van der Waals surface area contributed by atoms with Gasteiger partial charge in [0.25, 0.3) is 0 Å². The Morgan fingerprint density at radius 3 is 2.18 bits per heavy atom. The van der Waals surface area contributed by atoms with E-state index in [-0.39, 0.29) is 0 Å². The van der Waals surface area contributed by atoms with Gasteiger partial charge in [-0.05, 0) is 18.2 Å². The molecular weight excluding hydrogens is 206 g/mol. The fraction of sp³-hybridized carbons (Fsp3) is 0. The first kappa shape index (κ1) is 8.78. The highest BCUT2D eigenvalue weighted by molar-refractivity contribution is 6.57. The van der Waals surface area contributed by atoms with Crippen LogP contribution >= 0.6 is 35.2 Å². The van der Waals surface area contributed by atoms with Crippen molar-refractivity contribution in [2.75, 3.05) is 0 Å². The maximum absolute atomic E-state index is 5.65. The van der Waals surface area contributed by atoms with Crippen molar-refractivity contribution in [3.63, 3.8) is 0 Å². The third-order valence-electron chi connectivity index (χ3n) is 1.12. The van der Waals surface area contributed by atoms with Gasteiger partial charge in [-0.25, -0.2) is 0 Å². The second kappa shape index (κ2) is 3.90. The summed E-state index contributed by atoms with van der Waals surface area (Å²) in [5, 5.41) is 0.550. The van der Waals surface area contributed by atoms with Gasteiger partial charge in [-0.1, -0.05) is 11.6 Å². The van der Waals surface area contributed by atoms with Crippen LogP contribution in [0.2, 0.25) is 0 Å². The first-order chi connectivity index (χ1) is 5.27. The van der Waals surface area contributed by atoms with Crippen LogP contribution in [0.5, 0.6) is 0 Å². The lowest BCUT2D eigenvalue weighted by molar-refractivity contribution is 1.76. The quantitative estimate of drug-likeness (QED) is 0.548. The molecule has 5 heteroatoms. The van der Waals surface area contributed by atoms with Crippen LogP contribution in [-0.2, 0) is 0 Å². The van der Waals surface area contributed by atoms with Crippen LogP contribution in [0.15, 0.2) is 32.3 Å². The first-order valence-electron chi connectivity index (χ1n) is 2.71. The van der Waals surface area contributed by atoms with Gasteiger partial charge in [0.2, 0.25) is 0 Å². The highest BCUT2D eigenvalue weighted by Gasteiger charge is 2.08. The van der Waals surface area contributed by atoms with Crippen molar-refractivity contribution >= 4 is 46.6 Å². The number of nitrogens with zero attached hydrogens (tertiary/aromatic N) is 2. The second-order valence-corrected chi connectivity index (χ2v) is 2.58. The molecule has 1 aliphatic rings. The van der Waals surface area contributed by atoms with Crippen LogP contribution in [0.4, 0.5) is 0 Å². The van der Waals surface area contributed by atoms with E-state index in [2.05, 4.69) is 9.02 Å². The lowest BCUT2D eigenvalue weighted by atomic mass is 10.1. The molecule has 2 nitrogen and oxygen atoms in total. The van der Waals surface area contributed by atoms with E-state index in [1.165, 1.54) is 0 Å². The maximum atomic E-state index is 5.65. The minimum atomic E-state index is 0.467. The van der Waals surface area contributed by atoms with Crippen molar-refractivity contribution < 1.29 is 0 Å². The first-order valence-corrected chi connectivity index (χ1v) is 3.77. The summed E-state index contributed by atoms with van der Waals surface area (Å²) in [7, 11) is 0. The van der Waals surface area contributed by atoms with E-state index in [0.29, 0.717) is 16.5 Å². The second-order valence-electron chi connectivity index (χ2n) is 1.80. The molecule has 0 amide bonds. The van der Waals surface area contributed by atoms with Crippen LogP contribution in [0.1, 0.15) is 0 Å².